The van der Waals surface area contributed by atoms with Gasteiger partial charge in [0.15, 0.2) is 5.84 Å². The van der Waals surface area contributed by atoms with Crippen LogP contribution in [0.2, 0.25) is 0 Å². The van der Waals surface area contributed by atoms with E-state index in [1.165, 1.54) is 30.9 Å². The van der Waals surface area contributed by atoms with Gasteiger partial charge in [0.2, 0.25) is 0 Å². The van der Waals surface area contributed by atoms with Crippen molar-refractivity contribution in [2.45, 2.75) is 6.42 Å². The maximum absolute atomic E-state index is 6.57. The smallest absolute Gasteiger partial charge is 0.160 e. The molecule has 0 fully saturated rings. The SMILES string of the molecule is C1=C(c2cccc3sc4ccccc4c23)N=C(c2cccc3oc4cc(-c5ccc6ccccc6c5)ccc4c23)N=C(c2ccccc2)C1. The highest BCUT2D eigenvalue weighted by Crippen LogP contribution is 2.40. The van der Waals surface area contributed by atoms with Crippen LogP contribution in [0.15, 0.2) is 172 Å². The topological polar surface area (TPSA) is 37.9 Å². The van der Waals surface area contributed by atoms with Crippen LogP contribution in [0.3, 0.4) is 0 Å². The summed E-state index contributed by atoms with van der Waals surface area (Å²) in [5.41, 5.74) is 9.05. The van der Waals surface area contributed by atoms with Crippen LogP contribution in [-0.4, -0.2) is 11.5 Å². The summed E-state index contributed by atoms with van der Waals surface area (Å²) in [7, 11) is 0. The molecule has 0 bridgehead atoms. The van der Waals surface area contributed by atoms with Crippen LogP contribution < -0.4 is 0 Å². The molecule has 0 amide bonds. The second-order valence-electron chi connectivity index (χ2n) is 12.5. The molecule has 3 nitrogen and oxygen atoms in total. The molecule has 10 rings (SSSR count). The summed E-state index contributed by atoms with van der Waals surface area (Å²) < 4.78 is 9.11. The van der Waals surface area contributed by atoms with E-state index in [1.54, 1.807) is 0 Å². The summed E-state index contributed by atoms with van der Waals surface area (Å²) in [5, 5.41) is 7.04. The first-order valence-electron chi connectivity index (χ1n) is 16.5. The molecule has 9 aromatic rings. The predicted octanol–water partition coefficient (Wildman–Crippen LogP) is 12.5. The van der Waals surface area contributed by atoms with Crippen LogP contribution in [0.1, 0.15) is 23.1 Å². The number of benzene rings is 7. The van der Waals surface area contributed by atoms with Crippen LogP contribution in [0, 0.1) is 0 Å². The molecule has 49 heavy (non-hydrogen) atoms. The van der Waals surface area contributed by atoms with Gasteiger partial charge in [-0.3, -0.25) is 0 Å². The maximum Gasteiger partial charge on any atom is 0.160 e. The molecule has 3 heterocycles. The summed E-state index contributed by atoms with van der Waals surface area (Å²) >= 11 is 1.83. The molecule has 0 radical (unpaired) electrons. The summed E-state index contributed by atoms with van der Waals surface area (Å²) in [4.78, 5) is 10.7. The quantitative estimate of drug-likeness (QED) is 0.188. The Labute approximate surface area is 286 Å². The second kappa shape index (κ2) is 11.3. The summed E-state index contributed by atoms with van der Waals surface area (Å²) in [6.45, 7) is 0. The molecule has 7 aromatic carbocycles. The summed E-state index contributed by atoms with van der Waals surface area (Å²) in [6.07, 6.45) is 2.91. The molecule has 0 spiro atoms. The van der Waals surface area contributed by atoms with Crippen molar-refractivity contribution in [3.63, 3.8) is 0 Å². The van der Waals surface area contributed by atoms with Gasteiger partial charge in [-0.25, -0.2) is 9.98 Å². The minimum atomic E-state index is 0.669. The maximum atomic E-state index is 6.57. The first kappa shape index (κ1) is 28.0. The third kappa shape index (κ3) is 4.72. The summed E-state index contributed by atoms with van der Waals surface area (Å²) in [6, 6.07) is 53.5. The lowest BCUT2D eigenvalue weighted by Gasteiger charge is -2.08. The van der Waals surface area contributed by atoms with E-state index < -0.39 is 0 Å². The molecular weight excluding hydrogens is 617 g/mol. The number of hydrogen-bond donors (Lipinski definition) is 0. The Hall–Kier alpha value is -6.10. The van der Waals surface area contributed by atoms with Gasteiger partial charge >= 0.3 is 0 Å². The van der Waals surface area contributed by atoms with Crippen LogP contribution in [0.25, 0.3) is 69.7 Å². The van der Waals surface area contributed by atoms with Gasteiger partial charge < -0.3 is 4.42 Å². The van der Waals surface area contributed by atoms with Gasteiger partial charge in [0, 0.05) is 48.5 Å². The van der Waals surface area contributed by atoms with E-state index in [4.69, 9.17) is 14.4 Å². The number of rotatable bonds is 4. The Morgan fingerprint density at radius 2 is 1.24 bits per heavy atom. The van der Waals surface area contributed by atoms with E-state index in [2.05, 4.69) is 140 Å². The van der Waals surface area contributed by atoms with Gasteiger partial charge in [0.1, 0.15) is 11.2 Å². The van der Waals surface area contributed by atoms with E-state index in [-0.39, 0.29) is 0 Å². The molecule has 1 aliphatic rings. The Morgan fingerprint density at radius 3 is 2.18 bits per heavy atom. The number of aliphatic imine (C=N–C) groups is 2. The molecule has 0 unspecified atom stereocenters. The number of fused-ring (bicyclic) bond motifs is 7. The Kier molecular flexibility index (Phi) is 6.42. The monoisotopic (exact) mass is 644 g/mol. The van der Waals surface area contributed by atoms with Gasteiger partial charge in [-0.1, -0.05) is 121 Å². The van der Waals surface area contributed by atoms with Crippen LogP contribution >= 0.6 is 11.3 Å². The number of furan rings is 1. The number of thiophene rings is 1. The fourth-order valence-corrected chi connectivity index (χ4v) is 8.34. The lowest BCUT2D eigenvalue weighted by atomic mass is 9.99. The Morgan fingerprint density at radius 1 is 0.490 bits per heavy atom. The van der Waals surface area contributed by atoms with E-state index >= 15 is 0 Å². The predicted molar refractivity (Wildman–Crippen MR) is 208 cm³/mol. The van der Waals surface area contributed by atoms with Crippen LogP contribution in [0.4, 0.5) is 0 Å². The number of nitrogens with zero attached hydrogens (tertiary/aromatic N) is 2. The average molecular weight is 645 g/mol. The molecule has 2 aromatic heterocycles. The van der Waals surface area contributed by atoms with Crippen molar-refractivity contribution in [2.75, 3.05) is 0 Å². The van der Waals surface area contributed by atoms with Gasteiger partial charge in [0.05, 0.1) is 11.4 Å². The minimum Gasteiger partial charge on any atom is -0.456 e. The molecule has 0 atom stereocenters. The lowest BCUT2D eigenvalue weighted by Crippen LogP contribution is -2.05. The van der Waals surface area contributed by atoms with Gasteiger partial charge in [-0.05, 0) is 63.9 Å². The van der Waals surface area contributed by atoms with Crippen LogP contribution in [0.5, 0.6) is 0 Å². The molecule has 0 saturated heterocycles. The number of allylic oxidation sites excluding steroid dienone is 1. The van der Waals surface area contributed by atoms with Gasteiger partial charge in [-0.2, -0.15) is 0 Å². The third-order valence-corrected chi connectivity index (χ3v) is 10.7. The fourth-order valence-electron chi connectivity index (χ4n) is 7.20. The fraction of sp³-hybridized carbons (Fsp3) is 0.0222. The number of amidine groups is 1. The van der Waals surface area contributed by atoms with Crippen molar-refractivity contribution in [3.05, 3.63) is 174 Å². The van der Waals surface area contributed by atoms with Gasteiger partial charge in [-0.15, -0.1) is 11.3 Å². The van der Waals surface area contributed by atoms with Crippen molar-refractivity contribution in [3.8, 4) is 11.1 Å². The molecule has 0 saturated carbocycles. The van der Waals surface area contributed by atoms with Gasteiger partial charge in [0.25, 0.3) is 0 Å². The highest BCUT2D eigenvalue weighted by molar-refractivity contribution is 7.25. The Balaban J connectivity index is 1.17. The Bertz CT molecular complexity index is 2850. The highest BCUT2D eigenvalue weighted by atomic mass is 32.1. The number of hydrogen-bond acceptors (Lipinski definition) is 4. The zero-order chi connectivity index (χ0) is 32.3. The van der Waals surface area contributed by atoms with Crippen molar-refractivity contribution in [1.29, 1.82) is 0 Å². The third-order valence-electron chi connectivity index (χ3n) is 9.56. The van der Waals surface area contributed by atoms with Crippen molar-refractivity contribution >= 4 is 81.5 Å². The van der Waals surface area contributed by atoms with E-state index in [1.807, 2.05) is 29.5 Å². The molecule has 0 N–H and O–H groups in total. The molecule has 4 heteroatoms. The average Bonchev–Trinajstić information content (AvgIpc) is 3.65. The van der Waals surface area contributed by atoms with E-state index in [0.717, 1.165) is 61.2 Å². The normalized spacial score (nSPS) is 13.6. The minimum absolute atomic E-state index is 0.669. The summed E-state index contributed by atoms with van der Waals surface area (Å²) in [5.74, 6) is 0.686. The van der Waals surface area contributed by atoms with E-state index in [0.29, 0.717) is 12.3 Å². The van der Waals surface area contributed by atoms with Crippen LogP contribution in [-0.2, 0) is 0 Å². The highest BCUT2D eigenvalue weighted by Gasteiger charge is 2.21. The largest absolute Gasteiger partial charge is 0.456 e. The standard InChI is InChI=1S/C45H28N2OS/c1-2-11-29(12-3-1)37-24-25-38(33-15-9-19-42-44(33)35-14-6-7-18-41(35)49-42)47-45(46-37)36-16-8-17-39-43(36)34-23-22-32(27-40(34)48-39)31-21-20-28-10-4-5-13-30(28)26-31/h1-23,25-27H,24H2. The second-order valence-corrected chi connectivity index (χ2v) is 13.6. The van der Waals surface area contributed by atoms with Crippen molar-refractivity contribution < 1.29 is 4.42 Å². The zero-order valence-corrected chi connectivity index (χ0v) is 27.2. The molecule has 0 aliphatic carbocycles. The van der Waals surface area contributed by atoms with E-state index in [9.17, 15) is 0 Å². The molecule has 230 valence electrons. The first-order chi connectivity index (χ1) is 24.3. The molecular formula is C45H28N2OS. The van der Waals surface area contributed by atoms with Crippen molar-refractivity contribution in [1.82, 2.24) is 0 Å². The zero-order valence-electron chi connectivity index (χ0n) is 26.4. The lowest BCUT2D eigenvalue weighted by molar-refractivity contribution is 0.669. The van der Waals surface area contributed by atoms with Crippen molar-refractivity contribution in [2.24, 2.45) is 9.98 Å². The first-order valence-corrected chi connectivity index (χ1v) is 17.4. The molecule has 1 aliphatic heterocycles.